The van der Waals surface area contributed by atoms with Crippen LogP contribution in [0.5, 0.6) is 5.75 Å². The fourth-order valence-electron chi connectivity index (χ4n) is 1.15. The number of benzene rings is 1. The molecule has 82 valence electrons. The zero-order valence-electron chi connectivity index (χ0n) is 9.40. The van der Waals surface area contributed by atoms with E-state index in [0.717, 1.165) is 17.9 Å². The summed E-state index contributed by atoms with van der Waals surface area (Å²) in [5.41, 5.74) is 1.16. The lowest BCUT2D eigenvalue weighted by Crippen LogP contribution is -2.02. The average Bonchev–Trinajstić information content (AvgIpc) is 2.29. The zero-order chi connectivity index (χ0) is 11.1. The number of ether oxygens (including phenoxy) is 2. The van der Waals surface area contributed by atoms with Gasteiger partial charge in [0.25, 0.3) is 0 Å². The molecule has 1 atom stereocenters. The largest absolute Gasteiger partial charge is 0.497 e. The number of hydrogen-bond donors (Lipinski definition) is 0. The van der Waals surface area contributed by atoms with Crippen molar-refractivity contribution < 1.29 is 9.47 Å². The Morgan fingerprint density at radius 3 is 2.53 bits per heavy atom. The molecular weight excluding hydrogens is 188 g/mol. The highest BCUT2D eigenvalue weighted by atomic mass is 16.5. The van der Waals surface area contributed by atoms with Gasteiger partial charge in [0.2, 0.25) is 0 Å². The summed E-state index contributed by atoms with van der Waals surface area (Å²) in [4.78, 5) is 0. The Hall–Kier alpha value is -1.28. The highest BCUT2D eigenvalue weighted by Crippen LogP contribution is 2.12. The molecule has 0 unspecified atom stereocenters. The van der Waals surface area contributed by atoms with Crippen LogP contribution in [0.15, 0.2) is 36.9 Å². The fraction of sp³-hybridized carbons (Fsp3) is 0.385. The summed E-state index contributed by atoms with van der Waals surface area (Å²) in [5.74, 6) is 1.28. The molecule has 0 fully saturated rings. The van der Waals surface area contributed by atoms with Gasteiger partial charge in [0.15, 0.2) is 0 Å². The first-order valence-electron chi connectivity index (χ1n) is 5.09. The first kappa shape index (κ1) is 11.8. The molecule has 1 aromatic rings. The maximum atomic E-state index is 5.53. The van der Waals surface area contributed by atoms with Crippen LogP contribution in [0.4, 0.5) is 0 Å². The molecule has 0 saturated heterocycles. The maximum absolute atomic E-state index is 5.53. The molecule has 0 bridgehead atoms. The van der Waals surface area contributed by atoms with E-state index >= 15 is 0 Å². The molecule has 0 spiro atoms. The summed E-state index contributed by atoms with van der Waals surface area (Å²) in [6, 6.07) is 7.90. The highest BCUT2D eigenvalue weighted by molar-refractivity contribution is 5.26. The van der Waals surface area contributed by atoms with E-state index in [-0.39, 0.29) is 0 Å². The van der Waals surface area contributed by atoms with Crippen LogP contribution in [0.3, 0.4) is 0 Å². The lowest BCUT2D eigenvalue weighted by Gasteiger charge is -2.08. The van der Waals surface area contributed by atoms with Crippen LogP contribution in [0.25, 0.3) is 0 Å². The molecule has 0 saturated carbocycles. The third-order valence-electron chi connectivity index (χ3n) is 2.21. The van der Waals surface area contributed by atoms with Gasteiger partial charge >= 0.3 is 0 Å². The first-order chi connectivity index (χ1) is 7.26. The molecular formula is C13H18O2. The Balaban J connectivity index is 2.34. The van der Waals surface area contributed by atoms with Gasteiger partial charge in [-0.2, -0.15) is 0 Å². The van der Waals surface area contributed by atoms with Crippen LogP contribution in [0, 0.1) is 5.92 Å². The second-order valence-electron chi connectivity index (χ2n) is 3.58. The topological polar surface area (TPSA) is 18.5 Å². The summed E-state index contributed by atoms with van der Waals surface area (Å²) in [5, 5.41) is 0. The van der Waals surface area contributed by atoms with Gasteiger partial charge in [-0.15, -0.1) is 6.58 Å². The van der Waals surface area contributed by atoms with E-state index in [1.807, 2.05) is 30.3 Å². The van der Waals surface area contributed by atoms with Gasteiger partial charge in [-0.25, -0.2) is 0 Å². The molecule has 0 amide bonds. The highest BCUT2D eigenvalue weighted by Gasteiger charge is 1.97. The maximum Gasteiger partial charge on any atom is 0.118 e. The van der Waals surface area contributed by atoms with Crippen LogP contribution in [0.1, 0.15) is 12.5 Å². The Bertz CT molecular complexity index is 290. The van der Waals surface area contributed by atoms with E-state index < -0.39 is 0 Å². The molecule has 0 N–H and O–H groups in total. The number of rotatable bonds is 6. The van der Waals surface area contributed by atoms with Crippen molar-refractivity contribution in [2.45, 2.75) is 13.5 Å². The summed E-state index contributed by atoms with van der Waals surface area (Å²) < 4.78 is 10.6. The molecule has 0 aliphatic carbocycles. The lowest BCUT2D eigenvalue weighted by atomic mass is 10.2. The predicted octanol–water partition coefficient (Wildman–Crippen LogP) is 3.03. The predicted molar refractivity (Wildman–Crippen MR) is 62.0 cm³/mol. The summed E-state index contributed by atoms with van der Waals surface area (Å²) in [6.07, 6.45) is 1.90. The van der Waals surface area contributed by atoms with Crippen LogP contribution in [0.2, 0.25) is 0 Å². The van der Waals surface area contributed by atoms with E-state index in [0.29, 0.717) is 12.5 Å². The van der Waals surface area contributed by atoms with Gasteiger partial charge in [0.1, 0.15) is 5.75 Å². The van der Waals surface area contributed by atoms with Gasteiger partial charge in [-0.3, -0.25) is 0 Å². The first-order valence-corrected chi connectivity index (χ1v) is 5.09. The van der Waals surface area contributed by atoms with Crippen LogP contribution in [-0.2, 0) is 11.3 Å². The summed E-state index contributed by atoms with van der Waals surface area (Å²) in [7, 11) is 1.66. The van der Waals surface area contributed by atoms with Crippen molar-refractivity contribution in [3.63, 3.8) is 0 Å². The number of hydrogen-bond acceptors (Lipinski definition) is 2. The zero-order valence-corrected chi connectivity index (χ0v) is 9.40. The molecule has 0 radical (unpaired) electrons. The van der Waals surface area contributed by atoms with Crippen molar-refractivity contribution in [3.05, 3.63) is 42.5 Å². The molecule has 1 rings (SSSR count). The third-order valence-corrected chi connectivity index (χ3v) is 2.21. The van der Waals surface area contributed by atoms with Gasteiger partial charge in [-0.1, -0.05) is 25.1 Å². The number of methoxy groups -OCH3 is 1. The van der Waals surface area contributed by atoms with E-state index in [1.54, 1.807) is 7.11 Å². The molecule has 0 aromatic heterocycles. The average molecular weight is 206 g/mol. The molecule has 15 heavy (non-hydrogen) atoms. The van der Waals surface area contributed by atoms with E-state index in [2.05, 4.69) is 13.5 Å². The molecule has 0 aliphatic rings. The van der Waals surface area contributed by atoms with Crippen LogP contribution < -0.4 is 4.74 Å². The molecule has 2 heteroatoms. The Morgan fingerprint density at radius 2 is 2.00 bits per heavy atom. The quantitative estimate of drug-likeness (QED) is 0.666. The van der Waals surface area contributed by atoms with Crippen LogP contribution >= 0.6 is 0 Å². The van der Waals surface area contributed by atoms with E-state index in [4.69, 9.17) is 9.47 Å². The van der Waals surface area contributed by atoms with Crippen molar-refractivity contribution in [1.82, 2.24) is 0 Å². The Morgan fingerprint density at radius 1 is 1.33 bits per heavy atom. The van der Waals surface area contributed by atoms with Crippen molar-refractivity contribution in [1.29, 1.82) is 0 Å². The van der Waals surface area contributed by atoms with Gasteiger partial charge in [-0.05, 0) is 23.6 Å². The SMILES string of the molecule is C=C[C@@H](C)COCc1ccc(OC)cc1. The minimum absolute atomic E-state index is 0.406. The molecule has 1 aromatic carbocycles. The molecule has 2 nitrogen and oxygen atoms in total. The normalized spacial score (nSPS) is 12.1. The Labute approximate surface area is 91.5 Å². The smallest absolute Gasteiger partial charge is 0.118 e. The van der Waals surface area contributed by atoms with Crippen molar-refractivity contribution in [2.24, 2.45) is 5.92 Å². The molecule has 0 heterocycles. The van der Waals surface area contributed by atoms with Crippen molar-refractivity contribution in [2.75, 3.05) is 13.7 Å². The van der Waals surface area contributed by atoms with Crippen molar-refractivity contribution >= 4 is 0 Å². The van der Waals surface area contributed by atoms with Gasteiger partial charge in [0.05, 0.1) is 20.3 Å². The monoisotopic (exact) mass is 206 g/mol. The summed E-state index contributed by atoms with van der Waals surface area (Å²) in [6.45, 7) is 7.16. The lowest BCUT2D eigenvalue weighted by molar-refractivity contribution is 0.104. The van der Waals surface area contributed by atoms with Crippen molar-refractivity contribution in [3.8, 4) is 5.75 Å². The molecule has 0 aliphatic heterocycles. The second-order valence-corrected chi connectivity index (χ2v) is 3.58. The second kappa shape index (κ2) is 6.25. The van der Waals surface area contributed by atoms with Gasteiger partial charge < -0.3 is 9.47 Å². The minimum atomic E-state index is 0.406. The van der Waals surface area contributed by atoms with E-state index in [9.17, 15) is 0 Å². The Kier molecular flexibility index (Phi) is 4.91. The van der Waals surface area contributed by atoms with Gasteiger partial charge in [0, 0.05) is 0 Å². The minimum Gasteiger partial charge on any atom is -0.497 e. The van der Waals surface area contributed by atoms with Crippen LogP contribution in [-0.4, -0.2) is 13.7 Å². The third kappa shape index (κ3) is 4.17. The standard InChI is InChI=1S/C13H18O2/c1-4-11(2)9-15-10-12-5-7-13(14-3)8-6-12/h4-8,11H,1,9-10H2,2-3H3/t11-/m1/s1. The summed E-state index contributed by atoms with van der Waals surface area (Å²) >= 11 is 0. The fourth-order valence-corrected chi connectivity index (χ4v) is 1.15. The van der Waals surface area contributed by atoms with E-state index in [1.165, 1.54) is 0 Å².